The van der Waals surface area contributed by atoms with E-state index < -0.39 is 5.66 Å². The van der Waals surface area contributed by atoms with Crippen LogP contribution in [0.25, 0.3) is 0 Å². The number of rotatable bonds is 2. The van der Waals surface area contributed by atoms with Gasteiger partial charge in [0.1, 0.15) is 23.5 Å². The van der Waals surface area contributed by atoms with Gasteiger partial charge in [-0.25, -0.2) is 15.0 Å². The molecule has 8 heteroatoms. The molecule has 4 rings (SSSR count). The molecule has 2 aliphatic rings. The highest BCUT2D eigenvalue weighted by molar-refractivity contribution is 5.96. The number of amides is 1. The maximum Gasteiger partial charge on any atom is 0.296 e. The Hall–Kier alpha value is -2.77. The van der Waals surface area contributed by atoms with E-state index in [0.717, 1.165) is 32.1 Å². The third-order valence-electron chi connectivity index (χ3n) is 4.75. The third-order valence-corrected chi connectivity index (χ3v) is 4.75. The molecule has 124 valence electrons. The summed E-state index contributed by atoms with van der Waals surface area (Å²) in [6.07, 6.45) is 7.61. The van der Waals surface area contributed by atoms with Gasteiger partial charge in [0.25, 0.3) is 11.5 Å². The Balaban J connectivity index is 1.85. The fourth-order valence-electron chi connectivity index (χ4n) is 3.69. The zero-order valence-electron chi connectivity index (χ0n) is 13.4. The van der Waals surface area contributed by atoms with Crippen molar-refractivity contribution in [3.8, 4) is 0 Å². The summed E-state index contributed by atoms with van der Waals surface area (Å²) in [6.45, 7) is 1.75. The van der Waals surface area contributed by atoms with Crippen LogP contribution in [0.1, 0.15) is 48.3 Å². The van der Waals surface area contributed by atoms with Crippen LogP contribution in [-0.4, -0.2) is 25.4 Å². The Labute approximate surface area is 138 Å². The summed E-state index contributed by atoms with van der Waals surface area (Å²) < 4.78 is 1.61. The topological polar surface area (TPSA) is 102 Å². The van der Waals surface area contributed by atoms with Crippen LogP contribution in [0.5, 0.6) is 0 Å². The van der Waals surface area contributed by atoms with Gasteiger partial charge in [-0.05, 0) is 38.7 Å². The minimum Gasteiger partial charge on any atom is -0.327 e. The van der Waals surface area contributed by atoms with Crippen molar-refractivity contribution in [1.82, 2.24) is 24.8 Å². The lowest BCUT2D eigenvalue weighted by molar-refractivity contribution is 0.0876. The first-order valence-electron chi connectivity index (χ1n) is 8.10. The smallest absolute Gasteiger partial charge is 0.296 e. The van der Waals surface area contributed by atoms with Crippen molar-refractivity contribution in [3.63, 3.8) is 0 Å². The lowest BCUT2D eigenvalue weighted by Gasteiger charge is -2.35. The number of hydrogen-bond donors (Lipinski definition) is 2. The fraction of sp³-hybridized carbons (Fsp3) is 0.438. The number of anilines is 2. The van der Waals surface area contributed by atoms with Gasteiger partial charge in [-0.3, -0.25) is 14.2 Å². The van der Waals surface area contributed by atoms with Gasteiger partial charge in [0.15, 0.2) is 5.82 Å². The van der Waals surface area contributed by atoms with Gasteiger partial charge in [0, 0.05) is 6.20 Å². The molecule has 0 aromatic carbocycles. The van der Waals surface area contributed by atoms with Crippen molar-refractivity contribution in [1.29, 1.82) is 0 Å². The van der Waals surface area contributed by atoms with E-state index in [-0.39, 0.29) is 17.3 Å². The molecule has 8 nitrogen and oxygen atoms in total. The highest BCUT2D eigenvalue weighted by Crippen LogP contribution is 2.36. The molecule has 0 unspecified atom stereocenters. The highest BCUT2D eigenvalue weighted by Gasteiger charge is 2.45. The maximum atomic E-state index is 13.0. The van der Waals surface area contributed by atoms with E-state index >= 15 is 0 Å². The monoisotopic (exact) mass is 326 g/mol. The van der Waals surface area contributed by atoms with Gasteiger partial charge in [0.05, 0.1) is 5.69 Å². The number of hydrogen-bond acceptors (Lipinski definition) is 6. The normalized spacial score (nSPS) is 18.3. The number of aromatic nitrogens is 4. The zero-order valence-corrected chi connectivity index (χ0v) is 13.4. The number of nitrogens with one attached hydrogen (secondary N) is 2. The molecular formula is C16H18N6O2. The molecule has 0 bridgehead atoms. The number of fused-ring (bicyclic) bond motifs is 2. The summed E-state index contributed by atoms with van der Waals surface area (Å²) in [5.74, 6) is 0.452. The summed E-state index contributed by atoms with van der Waals surface area (Å²) in [5, 5.41) is 5.98. The summed E-state index contributed by atoms with van der Waals surface area (Å²) in [5.41, 5.74) is -0.00641. The van der Waals surface area contributed by atoms with Crippen molar-refractivity contribution in [2.24, 2.45) is 0 Å². The molecule has 1 saturated carbocycles. The Bertz CT molecular complexity index is 855. The van der Waals surface area contributed by atoms with E-state index in [2.05, 4.69) is 25.6 Å². The summed E-state index contributed by atoms with van der Waals surface area (Å²) in [7, 11) is 0. The second-order valence-corrected chi connectivity index (χ2v) is 6.30. The first-order chi connectivity index (χ1) is 11.6. The van der Waals surface area contributed by atoms with E-state index in [1.807, 2.05) is 0 Å². The number of nitrogens with zero attached hydrogens (tertiary/aromatic N) is 4. The lowest BCUT2D eigenvalue weighted by atomic mass is 9.89. The standard InChI is InChI=1S/C16H18N6O2/c1-10-12-14(23)21-16(6-3-2-4-7-16)22(12)15(24)13(19-10)20-11-5-8-17-9-18-11/h5,8-9H,2-4,6-7H2,1H3,(H,21,23)(H,17,18,19,20). The molecule has 1 aliphatic carbocycles. The van der Waals surface area contributed by atoms with Crippen molar-refractivity contribution < 1.29 is 4.79 Å². The van der Waals surface area contributed by atoms with Crippen molar-refractivity contribution in [3.05, 3.63) is 40.3 Å². The number of carbonyl (C=O) groups excluding carboxylic acids is 1. The predicted molar refractivity (Wildman–Crippen MR) is 87.1 cm³/mol. The van der Waals surface area contributed by atoms with Crippen molar-refractivity contribution in [2.75, 3.05) is 5.32 Å². The Morgan fingerprint density at radius 3 is 2.75 bits per heavy atom. The van der Waals surface area contributed by atoms with Gasteiger partial charge >= 0.3 is 0 Å². The average Bonchev–Trinajstić information content (AvgIpc) is 2.86. The lowest BCUT2D eigenvalue weighted by Crippen LogP contribution is -2.49. The van der Waals surface area contributed by atoms with Gasteiger partial charge in [0.2, 0.25) is 0 Å². The van der Waals surface area contributed by atoms with E-state index in [1.54, 1.807) is 23.8 Å². The van der Waals surface area contributed by atoms with Gasteiger partial charge < -0.3 is 10.6 Å². The largest absolute Gasteiger partial charge is 0.327 e. The van der Waals surface area contributed by atoms with Crippen LogP contribution in [0.4, 0.5) is 11.6 Å². The van der Waals surface area contributed by atoms with Crippen LogP contribution in [-0.2, 0) is 5.66 Å². The third kappa shape index (κ3) is 2.17. The van der Waals surface area contributed by atoms with Crippen LogP contribution in [0.3, 0.4) is 0 Å². The molecule has 0 saturated heterocycles. The second-order valence-electron chi connectivity index (χ2n) is 6.30. The predicted octanol–water partition coefficient (Wildman–Crippen LogP) is 1.45. The minimum atomic E-state index is -0.614. The van der Waals surface area contributed by atoms with Crippen molar-refractivity contribution in [2.45, 2.75) is 44.7 Å². The average molecular weight is 326 g/mol. The van der Waals surface area contributed by atoms with Gasteiger partial charge in [-0.2, -0.15) is 0 Å². The maximum absolute atomic E-state index is 13.0. The van der Waals surface area contributed by atoms with Crippen molar-refractivity contribution >= 4 is 17.5 Å². The molecular weight excluding hydrogens is 308 g/mol. The van der Waals surface area contributed by atoms with E-state index in [0.29, 0.717) is 17.2 Å². The Morgan fingerprint density at radius 2 is 2.04 bits per heavy atom. The quantitative estimate of drug-likeness (QED) is 0.866. The summed E-state index contributed by atoms with van der Waals surface area (Å²) in [6, 6.07) is 1.66. The van der Waals surface area contributed by atoms with Crippen LogP contribution in [0.15, 0.2) is 23.4 Å². The zero-order chi connectivity index (χ0) is 16.7. The Kier molecular flexibility index (Phi) is 3.33. The Morgan fingerprint density at radius 1 is 1.25 bits per heavy atom. The first kappa shape index (κ1) is 14.8. The minimum absolute atomic E-state index is 0.177. The van der Waals surface area contributed by atoms with Gasteiger partial charge in [-0.15, -0.1) is 0 Å². The molecule has 3 heterocycles. The van der Waals surface area contributed by atoms with Crippen LogP contribution < -0.4 is 16.2 Å². The van der Waals surface area contributed by atoms with Crippen LogP contribution >= 0.6 is 0 Å². The molecule has 24 heavy (non-hydrogen) atoms. The molecule has 1 fully saturated rings. The second kappa shape index (κ2) is 5.40. The van der Waals surface area contributed by atoms with Gasteiger partial charge in [-0.1, -0.05) is 6.42 Å². The van der Waals surface area contributed by atoms with E-state index in [9.17, 15) is 9.59 Å². The molecule has 0 atom stereocenters. The molecule has 2 N–H and O–H groups in total. The SMILES string of the molecule is Cc1nc(Nc2ccncn2)c(=O)n2c1C(=O)NC21CCCCC1. The van der Waals surface area contributed by atoms with E-state index in [1.165, 1.54) is 6.33 Å². The number of aryl methyl sites for hydroxylation is 1. The first-order valence-corrected chi connectivity index (χ1v) is 8.10. The fourth-order valence-corrected chi connectivity index (χ4v) is 3.69. The molecule has 1 spiro atoms. The van der Waals surface area contributed by atoms with Crippen LogP contribution in [0, 0.1) is 6.92 Å². The molecule has 1 aliphatic heterocycles. The van der Waals surface area contributed by atoms with Crippen LogP contribution in [0.2, 0.25) is 0 Å². The molecule has 2 aromatic rings. The summed E-state index contributed by atoms with van der Waals surface area (Å²) in [4.78, 5) is 37.7. The molecule has 0 radical (unpaired) electrons. The number of carbonyl (C=O) groups is 1. The van der Waals surface area contributed by atoms with E-state index in [4.69, 9.17) is 0 Å². The molecule has 1 amide bonds. The highest BCUT2D eigenvalue weighted by atomic mass is 16.2. The molecule has 2 aromatic heterocycles. The summed E-state index contributed by atoms with van der Waals surface area (Å²) >= 11 is 0.